The molecule has 1 aromatic rings. The Morgan fingerprint density at radius 2 is 2.06 bits per heavy atom. The van der Waals surface area contributed by atoms with Crippen molar-refractivity contribution in [1.29, 1.82) is 0 Å². The second-order valence-electron chi connectivity index (χ2n) is 2.97. The van der Waals surface area contributed by atoms with Crippen molar-refractivity contribution < 1.29 is 22.7 Å². The molecule has 0 fully saturated rings. The summed E-state index contributed by atoms with van der Waals surface area (Å²) in [5.41, 5.74) is 0.414. The predicted octanol–water partition coefficient (Wildman–Crippen LogP) is 3.78. The van der Waals surface area contributed by atoms with Gasteiger partial charge in [0.25, 0.3) is 0 Å². The molecular formula is C10H8F3IO2. The van der Waals surface area contributed by atoms with Gasteiger partial charge in [-0.2, -0.15) is 0 Å². The fraction of sp³-hybridized carbons (Fsp3) is 0.300. The first-order valence-corrected chi connectivity index (χ1v) is 5.50. The Hall–Kier alpha value is -0.790. The van der Waals surface area contributed by atoms with Crippen LogP contribution in [0.15, 0.2) is 18.2 Å². The second-order valence-corrected chi connectivity index (χ2v) is 4.13. The van der Waals surface area contributed by atoms with Gasteiger partial charge in [0.2, 0.25) is 0 Å². The normalized spacial score (nSPS) is 11.3. The third-order valence-corrected chi connectivity index (χ3v) is 2.69. The number of rotatable bonds is 3. The number of hydrogen-bond donors (Lipinski definition) is 0. The minimum atomic E-state index is -4.71. The lowest BCUT2D eigenvalue weighted by atomic mass is 10.1. The van der Waals surface area contributed by atoms with Gasteiger partial charge >= 0.3 is 6.36 Å². The molecule has 0 radical (unpaired) electrons. The minimum absolute atomic E-state index is 0.108. The first-order chi connectivity index (χ1) is 7.33. The first kappa shape index (κ1) is 13.3. The number of ketones is 1. The van der Waals surface area contributed by atoms with Crippen molar-refractivity contribution in [1.82, 2.24) is 0 Å². The summed E-state index contributed by atoms with van der Waals surface area (Å²) in [7, 11) is 0. The lowest BCUT2D eigenvalue weighted by molar-refractivity contribution is -0.274. The highest BCUT2D eigenvalue weighted by molar-refractivity contribution is 14.1. The quantitative estimate of drug-likeness (QED) is 0.616. The molecule has 0 aliphatic heterocycles. The van der Waals surface area contributed by atoms with Crippen molar-refractivity contribution in [3.63, 3.8) is 0 Å². The van der Waals surface area contributed by atoms with E-state index in [-0.39, 0.29) is 11.5 Å². The van der Waals surface area contributed by atoms with Gasteiger partial charge in [0.15, 0.2) is 5.78 Å². The summed E-state index contributed by atoms with van der Waals surface area (Å²) in [4.78, 5) is 11.4. The summed E-state index contributed by atoms with van der Waals surface area (Å²) in [6.07, 6.45) is -4.39. The van der Waals surface area contributed by atoms with Crippen LogP contribution in [0.3, 0.4) is 0 Å². The topological polar surface area (TPSA) is 26.3 Å². The number of hydrogen-bond acceptors (Lipinski definition) is 2. The number of alkyl halides is 3. The molecule has 0 aliphatic carbocycles. The summed E-state index contributed by atoms with van der Waals surface area (Å²) >= 11 is 1.81. The molecular weight excluding hydrogens is 336 g/mol. The van der Waals surface area contributed by atoms with Crippen molar-refractivity contribution in [3.8, 4) is 5.75 Å². The van der Waals surface area contributed by atoms with Crippen LogP contribution in [0, 0.1) is 3.57 Å². The molecule has 0 atom stereocenters. The lowest BCUT2D eigenvalue weighted by Crippen LogP contribution is -2.17. The fourth-order valence-corrected chi connectivity index (χ4v) is 1.90. The third-order valence-electron chi connectivity index (χ3n) is 1.80. The molecule has 88 valence electrons. The predicted molar refractivity (Wildman–Crippen MR) is 60.5 cm³/mol. The maximum absolute atomic E-state index is 11.9. The number of Topliss-reactive ketones (excluding diaryl/α,β-unsaturated/α-hetero) is 1. The molecule has 1 aromatic carbocycles. The van der Waals surface area contributed by atoms with Crippen molar-refractivity contribution >= 4 is 28.4 Å². The van der Waals surface area contributed by atoms with E-state index in [1.807, 2.05) is 22.6 Å². The summed E-state index contributed by atoms with van der Waals surface area (Å²) in [6.45, 7) is 1.69. The standard InChI is InChI=1S/C10H8F3IO2/c1-2-9(15)7-4-3-6(5-8(7)14)16-10(11,12)13/h3-5H,2H2,1H3. The number of carbonyl (C=O) groups is 1. The molecule has 0 spiro atoms. The van der Waals surface area contributed by atoms with E-state index in [0.29, 0.717) is 15.6 Å². The van der Waals surface area contributed by atoms with Crippen molar-refractivity contribution in [2.75, 3.05) is 0 Å². The zero-order chi connectivity index (χ0) is 12.3. The smallest absolute Gasteiger partial charge is 0.406 e. The van der Waals surface area contributed by atoms with Gasteiger partial charge in [0, 0.05) is 15.6 Å². The molecule has 0 aliphatic rings. The molecule has 0 N–H and O–H groups in total. The highest BCUT2D eigenvalue weighted by atomic mass is 127. The number of benzene rings is 1. The molecule has 16 heavy (non-hydrogen) atoms. The number of ether oxygens (including phenoxy) is 1. The molecule has 0 bridgehead atoms. The van der Waals surface area contributed by atoms with Crippen LogP contribution in [0.4, 0.5) is 13.2 Å². The van der Waals surface area contributed by atoms with Gasteiger partial charge in [-0.15, -0.1) is 13.2 Å². The average Bonchev–Trinajstić information content (AvgIpc) is 2.14. The molecule has 0 amide bonds. The molecule has 6 heteroatoms. The maximum Gasteiger partial charge on any atom is 0.573 e. The van der Waals surface area contributed by atoms with Crippen LogP contribution in [-0.2, 0) is 0 Å². The number of carbonyl (C=O) groups excluding carboxylic acids is 1. The molecule has 0 unspecified atom stereocenters. The average molecular weight is 344 g/mol. The SMILES string of the molecule is CCC(=O)c1ccc(OC(F)(F)F)cc1I. The first-order valence-electron chi connectivity index (χ1n) is 4.42. The lowest BCUT2D eigenvalue weighted by Gasteiger charge is -2.10. The van der Waals surface area contributed by atoms with Crippen molar-refractivity contribution in [2.24, 2.45) is 0 Å². The minimum Gasteiger partial charge on any atom is -0.406 e. The van der Waals surface area contributed by atoms with Gasteiger partial charge in [-0.25, -0.2) is 0 Å². The van der Waals surface area contributed by atoms with Crippen LogP contribution >= 0.6 is 22.6 Å². The van der Waals surface area contributed by atoms with E-state index in [0.717, 1.165) is 6.07 Å². The monoisotopic (exact) mass is 344 g/mol. The Morgan fingerprint density at radius 1 is 1.44 bits per heavy atom. The van der Waals surface area contributed by atoms with Gasteiger partial charge in [-0.3, -0.25) is 4.79 Å². The Morgan fingerprint density at radius 3 is 2.50 bits per heavy atom. The van der Waals surface area contributed by atoms with Crippen LogP contribution < -0.4 is 4.74 Å². The van der Waals surface area contributed by atoms with Gasteiger partial charge in [0.05, 0.1) is 0 Å². The molecule has 0 heterocycles. The molecule has 2 nitrogen and oxygen atoms in total. The van der Waals surface area contributed by atoms with Crippen molar-refractivity contribution in [2.45, 2.75) is 19.7 Å². The zero-order valence-electron chi connectivity index (χ0n) is 8.27. The second kappa shape index (κ2) is 5.03. The van der Waals surface area contributed by atoms with Gasteiger partial charge < -0.3 is 4.74 Å². The Balaban J connectivity index is 2.96. The Kier molecular flexibility index (Phi) is 4.17. The van der Waals surface area contributed by atoms with Crippen LogP contribution in [0.1, 0.15) is 23.7 Å². The van der Waals surface area contributed by atoms with E-state index < -0.39 is 6.36 Å². The molecule has 1 rings (SSSR count). The van der Waals surface area contributed by atoms with E-state index in [1.54, 1.807) is 6.92 Å². The highest BCUT2D eigenvalue weighted by Crippen LogP contribution is 2.26. The fourth-order valence-electron chi connectivity index (χ4n) is 1.11. The van der Waals surface area contributed by atoms with E-state index in [4.69, 9.17) is 0 Å². The van der Waals surface area contributed by atoms with E-state index in [2.05, 4.69) is 4.74 Å². The van der Waals surface area contributed by atoms with Crippen LogP contribution in [-0.4, -0.2) is 12.1 Å². The summed E-state index contributed by atoms with van der Waals surface area (Å²) in [5.74, 6) is -0.424. The van der Waals surface area contributed by atoms with E-state index >= 15 is 0 Å². The van der Waals surface area contributed by atoms with Gasteiger partial charge in [0.1, 0.15) is 5.75 Å². The van der Waals surface area contributed by atoms with Crippen LogP contribution in [0.5, 0.6) is 5.75 Å². The van der Waals surface area contributed by atoms with Crippen LogP contribution in [0.2, 0.25) is 0 Å². The van der Waals surface area contributed by atoms with Gasteiger partial charge in [-0.05, 0) is 40.8 Å². The van der Waals surface area contributed by atoms with Crippen molar-refractivity contribution in [3.05, 3.63) is 27.3 Å². The molecule has 0 saturated carbocycles. The maximum atomic E-state index is 11.9. The molecule has 0 saturated heterocycles. The van der Waals surface area contributed by atoms with Gasteiger partial charge in [-0.1, -0.05) is 6.92 Å². The Bertz CT molecular complexity index is 402. The number of halogens is 4. The highest BCUT2D eigenvalue weighted by Gasteiger charge is 2.31. The zero-order valence-corrected chi connectivity index (χ0v) is 10.4. The van der Waals surface area contributed by atoms with E-state index in [9.17, 15) is 18.0 Å². The largest absolute Gasteiger partial charge is 0.573 e. The molecule has 0 aromatic heterocycles. The summed E-state index contributed by atoms with van der Waals surface area (Å²) in [5, 5.41) is 0. The van der Waals surface area contributed by atoms with Crippen LogP contribution in [0.25, 0.3) is 0 Å². The summed E-state index contributed by atoms with van der Waals surface area (Å²) < 4.78 is 39.9. The van der Waals surface area contributed by atoms with E-state index in [1.165, 1.54) is 12.1 Å². The Labute approximate surface area is 104 Å². The third kappa shape index (κ3) is 3.66. The summed E-state index contributed by atoms with van der Waals surface area (Å²) in [6, 6.07) is 3.67.